The summed E-state index contributed by atoms with van der Waals surface area (Å²) in [7, 11) is 2.72. The van der Waals surface area contributed by atoms with E-state index in [4.69, 9.17) is 5.26 Å². The molecule has 0 saturated heterocycles. The summed E-state index contributed by atoms with van der Waals surface area (Å²) in [6, 6.07) is 13.9. The molecule has 1 aliphatic heterocycles. The van der Waals surface area contributed by atoms with E-state index in [-0.39, 0.29) is 11.9 Å². The fourth-order valence-corrected chi connectivity index (χ4v) is 4.39. The van der Waals surface area contributed by atoms with Crippen molar-refractivity contribution in [3.05, 3.63) is 71.4 Å². The standard InChI is InChI=1S/C24H24N5OP/c1-16(15-28-22-5-4-18(13-25)11-20(22)14-27-28)3-6-24(30)29-23(7-8-26-29)19-9-17(2)10-21(31)12-19/h4-5,8-12,14,23H,1,3,6-7,15,31H2,2H3. The van der Waals surface area contributed by atoms with Crippen molar-refractivity contribution in [2.24, 2.45) is 5.10 Å². The zero-order valence-electron chi connectivity index (χ0n) is 17.5. The van der Waals surface area contributed by atoms with Crippen LogP contribution in [0.4, 0.5) is 0 Å². The molecule has 0 spiro atoms. The molecule has 4 rings (SSSR count). The van der Waals surface area contributed by atoms with E-state index < -0.39 is 0 Å². The van der Waals surface area contributed by atoms with E-state index in [1.807, 2.05) is 23.0 Å². The van der Waals surface area contributed by atoms with E-state index in [0.717, 1.165) is 33.8 Å². The van der Waals surface area contributed by atoms with Gasteiger partial charge < -0.3 is 0 Å². The number of benzene rings is 2. The van der Waals surface area contributed by atoms with Crippen LogP contribution in [0.15, 0.2) is 59.8 Å². The van der Waals surface area contributed by atoms with Gasteiger partial charge in [-0.1, -0.05) is 29.8 Å². The number of nitrogens with zero attached hydrogens (tertiary/aromatic N) is 5. The van der Waals surface area contributed by atoms with Crippen LogP contribution < -0.4 is 5.30 Å². The van der Waals surface area contributed by atoms with Crippen LogP contribution in [0, 0.1) is 18.3 Å². The molecule has 0 aliphatic carbocycles. The number of carbonyl (C=O) groups is 1. The number of amides is 1. The quantitative estimate of drug-likeness (QED) is 0.439. The van der Waals surface area contributed by atoms with Crippen LogP contribution in [0.1, 0.15) is 42.0 Å². The number of fused-ring (bicyclic) bond motifs is 1. The number of hydrogen-bond donors (Lipinski definition) is 0. The number of aryl methyl sites for hydroxylation is 1. The Morgan fingerprint density at radius 2 is 2.13 bits per heavy atom. The third-order valence-corrected chi connectivity index (χ3v) is 5.76. The van der Waals surface area contributed by atoms with Gasteiger partial charge in [0.05, 0.1) is 35.9 Å². The predicted octanol–water partition coefficient (Wildman–Crippen LogP) is 4.01. The molecule has 7 heteroatoms. The van der Waals surface area contributed by atoms with Crippen LogP contribution in [0.3, 0.4) is 0 Å². The van der Waals surface area contributed by atoms with E-state index in [9.17, 15) is 4.79 Å². The first-order valence-corrected chi connectivity index (χ1v) is 10.8. The normalized spacial score (nSPS) is 15.4. The second-order valence-corrected chi connectivity index (χ2v) is 8.57. The van der Waals surface area contributed by atoms with Crippen molar-refractivity contribution in [3.63, 3.8) is 0 Å². The third kappa shape index (κ3) is 4.57. The zero-order valence-corrected chi connectivity index (χ0v) is 18.6. The number of rotatable bonds is 6. The molecule has 1 aromatic heterocycles. The molecule has 6 nitrogen and oxygen atoms in total. The van der Waals surface area contributed by atoms with Crippen molar-refractivity contribution in [2.75, 3.05) is 0 Å². The molecule has 0 saturated carbocycles. The molecular weight excluding hydrogens is 405 g/mol. The fourth-order valence-electron chi connectivity index (χ4n) is 3.94. The smallest absolute Gasteiger partial charge is 0.243 e. The molecule has 31 heavy (non-hydrogen) atoms. The van der Waals surface area contributed by atoms with Crippen LogP contribution in [-0.2, 0) is 11.3 Å². The lowest BCUT2D eigenvalue weighted by molar-refractivity contribution is -0.133. The summed E-state index contributed by atoms with van der Waals surface area (Å²) in [6.45, 7) is 6.73. The Balaban J connectivity index is 1.38. The fraction of sp³-hybridized carbons (Fsp3) is 0.250. The van der Waals surface area contributed by atoms with E-state index >= 15 is 0 Å². The maximum absolute atomic E-state index is 12.9. The van der Waals surface area contributed by atoms with Gasteiger partial charge in [-0.2, -0.15) is 15.5 Å². The molecule has 2 unspecified atom stereocenters. The van der Waals surface area contributed by atoms with Crippen LogP contribution >= 0.6 is 9.24 Å². The van der Waals surface area contributed by atoms with E-state index in [1.54, 1.807) is 17.3 Å². The molecule has 2 atom stereocenters. The molecule has 1 amide bonds. The summed E-state index contributed by atoms with van der Waals surface area (Å²) < 4.78 is 1.85. The maximum Gasteiger partial charge on any atom is 0.243 e. The minimum atomic E-state index is -0.0515. The molecule has 2 aromatic carbocycles. The summed E-state index contributed by atoms with van der Waals surface area (Å²) in [4.78, 5) is 12.9. The first-order valence-electron chi connectivity index (χ1n) is 10.2. The van der Waals surface area contributed by atoms with Gasteiger partial charge >= 0.3 is 0 Å². The number of hydrogen-bond acceptors (Lipinski definition) is 4. The third-order valence-electron chi connectivity index (χ3n) is 5.43. The second kappa shape index (κ2) is 8.83. The van der Waals surface area contributed by atoms with E-state index in [0.29, 0.717) is 24.9 Å². The Kier molecular flexibility index (Phi) is 5.97. The largest absolute Gasteiger partial charge is 0.273 e. The van der Waals surface area contributed by atoms with Crippen molar-refractivity contribution < 1.29 is 4.79 Å². The average Bonchev–Trinajstić information content (AvgIpc) is 3.38. The van der Waals surface area contributed by atoms with Gasteiger partial charge in [-0.3, -0.25) is 9.48 Å². The summed E-state index contributed by atoms with van der Waals surface area (Å²) in [5, 5.41) is 21.4. The van der Waals surface area contributed by atoms with E-state index in [2.05, 4.69) is 57.2 Å². The highest BCUT2D eigenvalue weighted by atomic mass is 31.0. The lowest BCUT2D eigenvalue weighted by atomic mass is 10.0. The van der Waals surface area contributed by atoms with Crippen molar-refractivity contribution in [1.29, 1.82) is 5.26 Å². The van der Waals surface area contributed by atoms with E-state index in [1.165, 1.54) is 5.56 Å². The first kappa shape index (κ1) is 21.0. The Bertz CT molecular complexity index is 1220. The van der Waals surface area contributed by atoms with Crippen molar-refractivity contribution in [3.8, 4) is 6.07 Å². The van der Waals surface area contributed by atoms with Crippen LogP contribution in [-0.4, -0.2) is 26.9 Å². The molecule has 0 N–H and O–H groups in total. The summed E-state index contributed by atoms with van der Waals surface area (Å²) in [6.07, 6.45) is 5.21. The van der Waals surface area contributed by atoms with Gasteiger partial charge in [0.1, 0.15) is 0 Å². The lowest BCUT2D eigenvalue weighted by Gasteiger charge is -2.23. The van der Waals surface area contributed by atoms with Gasteiger partial charge in [0.15, 0.2) is 0 Å². The molecule has 3 aromatic rings. The predicted molar refractivity (Wildman–Crippen MR) is 126 cm³/mol. The number of nitriles is 1. The SMILES string of the molecule is C=C(CCC(=O)N1N=CCC1c1cc(C)cc(P)c1)Cn1ncc2cc(C#N)ccc21. The molecule has 1 aliphatic rings. The van der Waals surface area contributed by atoms with Gasteiger partial charge in [0.25, 0.3) is 0 Å². The highest BCUT2D eigenvalue weighted by Crippen LogP contribution is 2.29. The summed E-state index contributed by atoms with van der Waals surface area (Å²) in [5.74, 6) is -0.00398. The Labute approximate surface area is 184 Å². The van der Waals surface area contributed by atoms with Gasteiger partial charge in [0.2, 0.25) is 5.91 Å². The number of hydrazone groups is 1. The first-order chi connectivity index (χ1) is 14.9. The Morgan fingerprint density at radius 1 is 1.29 bits per heavy atom. The van der Waals surface area contributed by atoms with Gasteiger partial charge in [-0.25, -0.2) is 5.01 Å². The van der Waals surface area contributed by atoms with Crippen molar-refractivity contribution in [2.45, 2.75) is 38.8 Å². The highest BCUT2D eigenvalue weighted by molar-refractivity contribution is 7.27. The molecule has 2 heterocycles. The summed E-state index contributed by atoms with van der Waals surface area (Å²) in [5.41, 5.74) is 4.76. The lowest BCUT2D eigenvalue weighted by Crippen LogP contribution is -2.27. The number of carbonyl (C=O) groups excluding carboxylic acids is 1. The number of aromatic nitrogens is 2. The topological polar surface area (TPSA) is 74.3 Å². The Morgan fingerprint density at radius 3 is 2.90 bits per heavy atom. The number of allylic oxidation sites excluding steroid dienone is 1. The average molecular weight is 429 g/mol. The Hall–Kier alpha value is -3.29. The van der Waals surface area contributed by atoms with Crippen LogP contribution in [0.5, 0.6) is 0 Å². The molecule has 0 radical (unpaired) electrons. The van der Waals surface area contributed by atoms with Crippen LogP contribution in [0.25, 0.3) is 10.9 Å². The van der Waals surface area contributed by atoms with Gasteiger partial charge in [-0.05, 0) is 48.5 Å². The van der Waals surface area contributed by atoms with Crippen molar-refractivity contribution >= 4 is 37.6 Å². The van der Waals surface area contributed by atoms with Gasteiger partial charge in [-0.15, -0.1) is 9.24 Å². The highest BCUT2D eigenvalue weighted by Gasteiger charge is 2.28. The molecule has 156 valence electrons. The zero-order chi connectivity index (χ0) is 22.0. The monoisotopic (exact) mass is 429 g/mol. The molecule has 0 fully saturated rings. The maximum atomic E-state index is 12.9. The minimum Gasteiger partial charge on any atom is -0.273 e. The summed E-state index contributed by atoms with van der Waals surface area (Å²) >= 11 is 0. The minimum absolute atomic E-state index is 0.00398. The molecular formula is C24H24N5OP. The van der Waals surface area contributed by atoms with Crippen LogP contribution in [0.2, 0.25) is 0 Å². The second-order valence-electron chi connectivity index (χ2n) is 7.90. The van der Waals surface area contributed by atoms with Crippen molar-refractivity contribution in [1.82, 2.24) is 14.8 Å². The molecule has 0 bridgehead atoms. The van der Waals surface area contributed by atoms with Gasteiger partial charge in [0, 0.05) is 24.4 Å².